The van der Waals surface area contributed by atoms with Crippen LogP contribution in [0.5, 0.6) is 11.5 Å². The van der Waals surface area contributed by atoms with Crippen LogP contribution in [0.15, 0.2) is 85.2 Å². The number of amides is 1. The number of fused-ring (bicyclic) bond motifs is 1. The largest absolute Gasteiger partial charge is 0.494 e. The quantitative estimate of drug-likeness (QED) is 0.443. The second-order valence-corrected chi connectivity index (χ2v) is 7.03. The molecule has 0 saturated carbocycles. The van der Waals surface area contributed by atoms with Crippen molar-refractivity contribution in [3.8, 4) is 22.6 Å². The Hall–Kier alpha value is -3.86. The molecule has 0 aliphatic rings. The third kappa shape index (κ3) is 5.01. The predicted molar refractivity (Wildman–Crippen MR) is 122 cm³/mol. The number of benzene rings is 3. The molecule has 1 amide bonds. The van der Waals surface area contributed by atoms with Gasteiger partial charge < -0.3 is 14.8 Å². The first kappa shape index (κ1) is 20.4. The SMILES string of the molecule is CCOc1ccc(-c2ccc(CNC(=O)COc3ccccc3)c3cnccc23)cc1. The smallest absolute Gasteiger partial charge is 0.258 e. The van der Waals surface area contributed by atoms with Crippen molar-refractivity contribution in [2.45, 2.75) is 13.5 Å². The van der Waals surface area contributed by atoms with E-state index in [-0.39, 0.29) is 12.5 Å². The average molecular weight is 412 g/mol. The van der Waals surface area contributed by atoms with E-state index in [2.05, 4.69) is 28.5 Å². The molecule has 0 aliphatic heterocycles. The molecular formula is C26H24N2O3. The van der Waals surface area contributed by atoms with E-state index in [9.17, 15) is 4.79 Å². The van der Waals surface area contributed by atoms with Gasteiger partial charge in [-0.3, -0.25) is 9.78 Å². The molecule has 1 heterocycles. The highest BCUT2D eigenvalue weighted by atomic mass is 16.5. The summed E-state index contributed by atoms with van der Waals surface area (Å²) >= 11 is 0. The van der Waals surface area contributed by atoms with Crippen LogP contribution in [-0.4, -0.2) is 24.1 Å². The summed E-state index contributed by atoms with van der Waals surface area (Å²) in [5.74, 6) is 1.36. The highest BCUT2D eigenvalue weighted by Crippen LogP contribution is 2.31. The molecule has 5 heteroatoms. The number of nitrogens with one attached hydrogen (secondary N) is 1. The molecule has 0 atom stereocenters. The molecule has 0 saturated heterocycles. The number of nitrogens with zero attached hydrogens (tertiary/aromatic N) is 1. The number of ether oxygens (including phenoxy) is 2. The number of carbonyl (C=O) groups is 1. The molecule has 4 rings (SSSR count). The predicted octanol–water partition coefficient (Wildman–Crippen LogP) is 5.00. The minimum atomic E-state index is -0.170. The van der Waals surface area contributed by atoms with E-state index >= 15 is 0 Å². The van der Waals surface area contributed by atoms with Gasteiger partial charge in [-0.25, -0.2) is 0 Å². The van der Waals surface area contributed by atoms with Gasteiger partial charge in [0.2, 0.25) is 0 Å². The molecule has 0 bridgehead atoms. The molecule has 156 valence electrons. The molecule has 0 aliphatic carbocycles. The molecule has 0 radical (unpaired) electrons. The summed E-state index contributed by atoms with van der Waals surface area (Å²) in [4.78, 5) is 16.5. The van der Waals surface area contributed by atoms with Gasteiger partial charge >= 0.3 is 0 Å². The number of pyridine rings is 1. The molecule has 1 aromatic heterocycles. The third-order valence-corrected chi connectivity index (χ3v) is 4.97. The standard InChI is InChI=1S/C26H24N2O3/c1-2-30-22-11-8-19(9-12-22)23-13-10-20(25-17-27-15-14-24(23)25)16-28-26(29)18-31-21-6-4-3-5-7-21/h3-15,17H,2,16,18H2,1H3,(H,28,29). The Morgan fingerprint density at radius 2 is 1.65 bits per heavy atom. The van der Waals surface area contributed by atoms with Gasteiger partial charge in [0.15, 0.2) is 6.61 Å². The third-order valence-electron chi connectivity index (χ3n) is 4.97. The van der Waals surface area contributed by atoms with Gasteiger partial charge in [-0.05, 0) is 59.3 Å². The van der Waals surface area contributed by atoms with Gasteiger partial charge in [-0.1, -0.05) is 42.5 Å². The van der Waals surface area contributed by atoms with Gasteiger partial charge in [0.1, 0.15) is 11.5 Å². The van der Waals surface area contributed by atoms with Crippen molar-refractivity contribution in [3.63, 3.8) is 0 Å². The zero-order valence-corrected chi connectivity index (χ0v) is 17.4. The maximum atomic E-state index is 12.2. The maximum absolute atomic E-state index is 12.2. The van der Waals surface area contributed by atoms with E-state index in [1.54, 1.807) is 6.20 Å². The summed E-state index contributed by atoms with van der Waals surface area (Å²) in [6.45, 7) is 3.00. The van der Waals surface area contributed by atoms with Crippen LogP contribution in [0.2, 0.25) is 0 Å². The molecular weight excluding hydrogens is 388 g/mol. The fourth-order valence-electron chi connectivity index (χ4n) is 3.46. The summed E-state index contributed by atoms with van der Waals surface area (Å²) in [6.07, 6.45) is 3.63. The first-order valence-electron chi connectivity index (χ1n) is 10.3. The zero-order chi connectivity index (χ0) is 21.5. The van der Waals surface area contributed by atoms with Crippen molar-refractivity contribution in [1.82, 2.24) is 10.3 Å². The lowest BCUT2D eigenvalue weighted by molar-refractivity contribution is -0.123. The minimum absolute atomic E-state index is 0.0234. The van der Waals surface area contributed by atoms with Crippen LogP contribution < -0.4 is 14.8 Å². The summed E-state index contributed by atoms with van der Waals surface area (Å²) in [6, 6.07) is 23.5. The van der Waals surface area contributed by atoms with E-state index in [1.165, 1.54) is 0 Å². The lowest BCUT2D eigenvalue weighted by Crippen LogP contribution is -2.28. The fourth-order valence-corrected chi connectivity index (χ4v) is 3.46. The van der Waals surface area contributed by atoms with E-state index in [0.29, 0.717) is 18.9 Å². The van der Waals surface area contributed by atoms with Gasteiger partial charge in [0.05, 0.1) is 6.61 Å². The van der Waals surface area contributed by atoms with Crippen LogP contribution in [0.25, 0.3) is 21.9 Å². The van der Waals surface area contributed by atoms with Crippen LogP contribution in [0.4, 0.5) is 0 Å². The van der Waals surface area contributed by atoms with Crippen molar-refractivity contribution in [2.75, 3.05) is 13.2 Å². The molecule has 1 N–H and O–H groups in total. The first-order valence-corrected chi connectivity index (χ1v) is 10.3. The summed E-state index contributed by atoms with van der Waals surface area (Å²) in [7, 11) is 0. The number of hydrogen-bond donors (Lipinski definition) is 1. The zero-order valence-electron chi connectivity index (χ0n) is 17.4. The first-order chi connectivity index (χ1) is 15.2. The summed E-state index contributed by atoms with van der Waals surface area (Å²) in [5.41, 5.74) is 3.22. The van der Waals surface area contributed by atoms with Crippen molar-refractivity contribution in [2.24, 2.45) is 0 Å². The van der Waals surface area contributed by atoms with Crippen LogP contribution >= 0.6 is 0 Å². The van der Waals surface area contributed by atoms with E-state index in [0.717, 1.165) is 33.2 Å². The molecule has 5 nitrogen and oxygen atoms in total. The number of carbonyl (C=O) groups excluding carboxylic acids is 1. The Morgan fingerprint density at radius 3 is 2.42 bits per heavy atom. The maximum Gasteiger partial charge on any atom is 0.258 e. The lowest BCUT2D eigenvalue weighted by atomic mass is 9.96. The Kier molecular flexibility index (Phi) is 6.43. The second kappa shape index (κ2) is 9.76. The van der Waals surface area contributed by atoms with Crippen molar-refractivity contribution < 1.29 is 14.3 Å². The van der Waals surface area contributed by atoms with Gasteiger partial charge in [0, 0.05) is 24.3 Å². The van der Waals surface area contributed by atoms with Gasteiger partial charge in [-0.2, -0.15) is 0 Å². The lowest BCUT2D eigenvalue weighted by Gasteiger charge is -2.13. The average Bonchev–Trinajstić information content (AvgIpc) is 2.82. The Labute approximate surface area is 181 Å². The van der Waals surface area contributed by atoms with E-state index < -0.39 is 0 Å². The minimum Gasteiger partial charge on any atom is -0.494 e. The molecule has 0 spiro atoms. The Balaban J connectivity index is 1.49. The summed E-state index contributed by atoms with van der Waals surface area (Å²) < 4.78 is 11.1. The molecule has 3 aromatic carbocycles. The molecule has 0 fully saturated rings. The Morgan fingerprint density at radius 1 is 0.871 bits per heavy atom. The number of rotatable bonds is 8. The Bertz CT molecular complexity index is 1160. The van der Waals surface area contributed by atoms with Crippen molar-refractivity contribution in [1.29, 1.82) is 0 Å². The van der Waals surface area contributed by atoms with Crippen LogP contribution in [0.1, 0.15) is 12.5 Å². The highest BCUT2D eigenvalue weighted by molar-refractivity contribution is 5.98. The number of hydrogen-bond acceptors (Lipinski definition) is 4. The second-order valence-electron chi connectivity index (χ2n) is 7.03. The van der Waals surface area contributed by atoms with Crippen LogP contribution in [0, 0.1) is 0 Å². The molecule has 0 unspecified atom stereocenters. The van der Waals surface area contributed by atoms with Gasteiger partial charge in [0.25, 0.3) is 5.91 Å². The molecule has 4 aromatic rings. The summed E-state index contributed by atoms with van der Waals surface area (Å²) in [5, 5.41) is 5.04. The van der Waals surface area contributed by atoms with Crippen molar-refractivity contribution >= 4 is 16.7 Å². The monoisotopic (exact) mass is 412 g/mol. The van der Waals surface area contributed by atoms with Crippen LogP contribution in [-0.2, 0) is 11.3 Å². The topological polar surface area (TPSA) is 60.5 Å². The van der Waals surface area contributed by atoms with Crippen molar-refractivity contribution in [3.05, 3.63) is 90.8 Å². The fraction of sp³-hybridized carbons (Fsp3) is 0.154. The van der Waals surface area contributed by atoms with E-state index in [1.807, 2.05) is 67.7 Å². The molecule has 31 heavy (non-hydrogen) atoms. The van der Waals surface area contributed by atoms with Crippen LogP contribution in [0.3, 0.4) is 0 Å². The van der Waals surface area contributed by atoms with Gasteiger partial charge in [-0.15, -0.1) is 0 Å². The normalized spacial score (nSPS) is 10.6. The number of para-hydroxylation sites is 1. The highest BCUT2D eigenvalue weighted by Gasteiger charge is 2.10. The van der Waals surface area contributed by atoms with E-state index in [4.69, 9.17) is 9.47 Å². The number of aromatic nitrogens is 1.